The molecule has 0 amide bonds. The van der Waals surface area contributed by atoms with Crippen molar-refractivity contribution in [3.8, 4) is 11.1 Å². The molecule has 3 heterocycles. The van der Waals surface area contributed by atoms with Crippen molar-refractivity contribution < 1.29 is 13.2 Å². The standard InChI is InChI=1S/C23H19F3N6/c1-13-3-4-17(32-22(27)20-8-16(5-6-29-20)23(24,25)26)9-18(13)14-7-15-12-31-21(28-2)10-19(15)30-11-14/h3-12H,1-2H3,(H2,27,32)(H,28,31). The van der Waals surface area contributed by atoms with Crippen molar-refractivity contribution in [2.75, 3.05) is 12.4 Å². The summed E-state index contributed by atoms with van der Waals surface area (Å²) < 4.78 is 38.9. The highest BCUT2D eigenvalue weighted by atomic mass is 19.4. The van der Waals surface area contributed by atoms with Crippen LogP contribution in [-0.4, -0.2) is 27.8 Å². The fourth-order valence-electron chi connectivity index (χ4n) is 3.24. The van der Waals surface area contributed by atoms with Crippen molar-refractivity contribution in [3.05, 3.63) is 77.9 Å². The number of nitrogens with one attached hydrogen (secondary N) is 1. The number of hydrogen-bond donors (Lipinski definition) is 2. The Kier molecular flexibility index (Phi) is 5.48. The van der Waals surface area contributed by atoms with Gasteiger partial charge in [-0.1, -0.05) is 6.07 Å². The molecule has 6 nitrogen and oxygen atoms in total. The Morgan fingerprint density at radius 1 is 1.00 bits per heavy atom. The third-order valence-corrected chi connectivity index (χ3v) is 4.95. The highest BCUT2D eigenvalue weighted by Gasteiger charge is 2.30. The van der Waals surface area contributed by atoms with Gasteiger partial charge in [0.25, 0.3) is 0 Å². The maximum Gasteiger partial charge on any atom is 0.416 e. The minimum atomic E-state index is -4.49. The van der Waals surface area contributed by atoms with E-state index in [1.165, 1.54) is 0 Å². The predicted octanol–water partition coefficient (Wildman–Crippen LogP) is 5.10. The van der Waals surface area contributed by atoms with E-state index in [0.717, 1.165) is 51.7 Å². The predicted molar refractivity (Wildman–Crippen MR) is 119 cm³/mol. The zero-order valence-electron chi connectivity index (χ0n) is 17.3. The fraction of sp³-hybridized carbons (Fsp3) is 0.130. The Hall–Kier alpha value is -4.01. The first-order valence-electron chi connectivity index (χ1n) is 9.67. The van der Waals surface area contributed by atoms with Crippen LogP contribution in [0.3, 0.4) is 0 Å². The molecule has 0 aliphatic rings. The Balaban J connectivity index is 1.71. The first kappa shape index (κ1) is 21.2. The Labute approximate surface area is 182 Å². The smallest absolute Gasteiger partial charge is 0.382 e. The molecule has 0 saturated carbocycles. The van der Waals surface area contributed by atoms with Gasteiger partial charge in [-0.2, -0.15) is 13.2 Å². The Morgan fingerprint density at radius 2 is 1.81 bits per heavy atom. The zero-order chi connectivity index (χ0) is 22.9. The summed E-state index contributed by atoms with van der Waals surface area (Å²) in [4.78, 5) is 17.0. The summed E-state index contributed by atoms with van der Waals surface area (Å²) in [5.41, 5.74) is 9.11. The molecule has 162 valence electrons. The quantitative estimate of drug-likeness (QED) is 0.343. The van der Waals surface area contributed by atoms with Crippen LogP contribution in [0.1, 0.15) is 16.8 Å². The SMILES string of the molecule is CNc1cc2ncc(-c3cc(N=C(N)c4cc(C(F)(F)F)ccn4)ccc3C)cc2cn1. The second-order valence-electron chi connectivity index (χ2n) is 7.16. The van der Waals surface area contributed by atoms with Gasteiger partial charge in [-0.15, -0.1) is 0 Å². The van der Waals surface area contributed by atoms with E-state index in [1.807, 2.05) is 31.2 Å². The number of halogens is 3. The summed E-state index contributed by atoms with van der Waals surface area (Å²) in [6.45, 7) is 1.95. The topological polar surface area (TPSA) is 89.1 Å². The normalized spacial score (nSPS) is 12.2. The average Bonchev–Trinajstić information content (AvgIpc) is 2.79. The van der Waals surface area contributed by atoms with E-state index in [1.54, 1.807) is 25.5 Å². The molecule has 0 spiro atoms. The van der Waals surface area contributed by atoms with Crippen molar-refractivity contribution >= 4 is 28.2 Å². The average molecular weight is 436 g/mol. The fourth-order valence-corrected chi connectivity index (χ4v) is 3.24. The molecule has 0 radical (unpaired) electrons. The van der Waals surface area contributed by atoms with E-state index >= 15 is 0 Å². The van der Waals surface area contributed by atoms with Gasteiger partial charge in [0.15, 0.2) is 0 Å². The molecule has 1 aromatic carbocycles. The number of nitrogens with zero attached hydrogens (tertiary/aromatic N) is 4. The van der Waals surface area contributed by atoms with Crippen LogP contribution in [0.15, 0.2) is 66.0 Å². The number of aryl methyl sites for hydroxylation is 1. The van der Waals surface area contributed by atoms with Gasteiger partial charge in [0.05, 0.1) is 16.8 Å². The second kappa shape index (κ2) is 8.26. The van der Waals surface area contributed by atoms with Gasteiger partial charge in [-0.25, -0.2) is 9.98 Å². The van der Waals surface area contributed by atoms with Crippen LogP contribution >= 0.6 is 0 Å². The second-order valence-corrected chi connectivity index (χ2v) is 7.16. The zero-order valence-corrected chi connectivity index (χ0v) is 17.3. The van der Waals surface area contributed by atoms with Gasteiger partial charge in [0, 0.05) is 42.7 Å². The molecule has 3 aromatic heterocycles. The van der Waals surface area contributed by atoms with E-state index in [9.17, 15) is 13.2 Å². The number of aliphatic imine (C=N–C) groups is 1. The molecule has 32 heavy (non-hydrogen) atoms. The number of alkyl halides is 3. The summed E-state index contributed by atoms with van der Waals surface area (Å²) in [5.74, 6) is 0.621. The number of pyridine rings is 3. The number of fused-ring (bicyclic) bond motifs is 1. The Bertz CT molecular complexity index is 1330. The number of rotatable bonds is 4. The van der Waals surface area contributed by atoms with Crippen molar-refractivity contribution in [1.29, 1.82) is 0 Å². The number of anilines is 1. The van der Waals surface area contributed by atoms with Gasteiger partial charge in [0.2, 0.25) is 0 Å². The van der Waals surface area contributed by atoms with Gasteiger partial charge in [-0.05, 0) is 48.4 Å². The number of hydrogen-bond acceptors (Lipinski definition) is 5. The monoisotopic (exact) mass is 436 g/mol. The van der Waals surface area contributed by atoms with E-state index in [2.05, 4.69) is 25.3 Å². The maximum atomic E-state index is 13.0. The lowest BCUT2D eigenvalue weighted by atomic mass is 10.0. The van der Waals surface area contributed by atoms with Gasteiger partial charge >= 0.3 is 6.18 Å². The molecule has 0 aliphatic heterocycles. The number of amidine groups is 1. The first-order chi connectivity index (χ1) is 15.2. The van der Waals surface area contributed by atoms with Crippen LogP contribution < -0.4 is 11.1 Å². The van der Waals surface area contributed by atoms with Gasteiger partial charge in [0.1, 0.15) is 17.3 Å². The maximum absolute atomic E-state index is 13.0. The van der Waals surface area contributed by atoms with Gasteiger partial charge < -0.3 is 11.1 Å². The lowest BCUT2D eigenvalue weighted by molar-refractivity contribution is -0.137. The van der Waals surface area contributed by atoms with Crippen molar-refractivity contribution in [1.82, 2.24) is 15.0 Å². The third-order valence-electron chi connectivity index (χ3n) is 4.95. The summed E-state index contributed by atoms with van der Waals surface area (Å²) in [5, 5.41) is 3.86. The van der Waals surface area contributed by atoms with Crippen LogP contribution in [0.5, 0.6) is 0 Å². The van der Waals surface area contributed by atoms with E-state index in [-0.39, 0.29) is 11.5 Å². The van der Waals surface area contributed by atoms with Crippen molar-refractivity contribution in [2.45, 2.75) is 13.1 Å². The van der Waals surface area contributed by atoms with Crippen LogP contribution in [-0.2, 0) is 6.18 Å². The lowest BCUT2D eigenvalue weighted by Crippen LogP contribution is -2.16. The van der Waals surface area contributed by atoms with Gasteiger partial charge in [-0.3, -0.25) is 9.97 Å². The number of aromatic nitrogens is 3. The molecule has 4 aromatic rings. The van der Waals surface area contributed by atoms with E-state index in [4.69, 9.17) is 5.73 Å². The van der Waals surface area contributed by atoms with Crippen LogP contribution in [0, 0.1) is 6.92 Å². The Morgan fingerprint density at radius 3 is 2.56 bits per heavy atom. The summed E-state index contributed by atoms with van der Waals surface area (Å²) >= 11 is 0. The molecule has 4 rings (SSSR count). The van der Waals surface area contributed by atoms with E-state index in [0.29, 0.717) is 5.69 Å². The minimum Gasteiger partial charge on any atom is -0.382 e. The molecule has 0 atom stereocenters. The number of benzene rings is 1. The largest absolute Gasteiger partial charge is 0.416 e. The molecule has 0 bridgehead atoms. The third kappa shape index (κ3) is 4.36. The lowest BCUT2D eigenvalue weighted by Gasteiger charge is -2.10. The molecule has 0 saturated heterocycles. The minimum absolute atomic E-state index is 0.0410. The number of nitrogens with two attached hydrogens (primary N) is 1. The molecule has 0 fully saturated rings. The highest BCUT2D eigenvalue weighted by Crippen LogP contribution is 2.31. The highest BCUT2D eigenvalue weighted by molar-refractivity contribution is 5.97. The van der Waals surface area contributed by atoms with Crippen LogP contribution in [0.25, 0.3) is 22.0 Å². The molecule has 0 aliphatic carbocycles. The molecule has 0 unspecified atom stereocenters. The van der Waals surface area contributed by atoms with Crippen molar-refractivity contribution in [2.24, 2.45) is 10.7 Å². The molecule has 9 heteroatoms. The summed E-state index contributed by atoms with van der Waals surface area (Å²) in [6.07, 6.45) is 0.0812. The first-order valence-corrected chi connectivity index (χ1v) is 9.67. The summed E-state index contributed by atoms with van der Waals surface area (Å²) in [7, 11) is 1.79. The van der Waals surface area contributed by atoms with E-state index < -0.39 is 11.7 Å². The molecular weight excluding hydrogens is 417 g/mol. The summed E-state index contributed by atoms with van der Waals surface area (Å²) in [6, 6.07) is 11.0. The van der Waals surface area contributed by atoms with Crippen LogP contribution in [0.2, 0.25) is 0 Å². The van der Waals surface area contributed by atoms with Crippen LogP contribution in [0.4, 0.5) is 24.7 Å². The molecular formula is C23H19F3N6. The van der Waals surface area contributed by atoms with Crippen molar-refractivity contribution in [3.63, 3.8) is 0 Å². The molecule has 3 N–H and O–H groups in total.